The van der Waals surface area contributed by atoms with Crippen LogP contribution in [-0.2, 0) is 4.74 Å². The Bertz CT molecular complexity index is 493. The molecule has 2 rings (SSSR count). The van der Waals surface area contributed by atoms with Crippen molar-refractivity contribution in [3.8, 4) is 0 Å². The first kappa shape index (κ1) is 14.1. The number of aryl methyl sites for hydroxylation is 1. The number of hydrogen-bond donors (Lipinski definition) is 1. The highest BCUT2D eigenvalue weighted by Crippen LogP contribution is 2.31. The van der Waals surface area contributed by atoms with E-state index in [0.29, 0.717) is 5.92 Å². The van der Waals surface area contributed by atoms with Gasteiger partial charge in [0.15, 0.2) is 0 Å². The molecular formula is C13H17ClN2O3. The van der Waals surface area contributed by atoms with Gasteiger partial charge in [-0.3, -0.25) is 10.1 Å². The van der Waals surface area contributed by atoms with Crippen LogP contribution in [0.3, 0.4) is 0 Å². The minimum Gasteiger partial charge on any atom is -0.384 e. The second-order valence-electron chi connectivity index (χ2n) is 4.88. The van der Waals surface area contributed by atoms with E-state index in [0.717, 1.165) is 30.8 Å². The van der Waals surface area contributed by atoms with E-state index in [1.165, 1.54) is 6.07 Å². The Morgan fingerprint density at radius 1 is 1.58 bits per heavy atom. The predicted molar refractivity (Wildman–Crippen MR) is 74.9 cm³/mol. The second-order valence-corrected chi connectivity index (χ2v) is 5.29. The highest BCUT2D eigenvalue weighted by atomic mass is 35.5. The summed E-state index contributed by atoms with van der Waals surface area (Å²) in [4.78, 5) is 10.3. The van der Waals surface area contributed by atoms with E-state index in [9.17, 15) is 10.1 Å². The van der Waals surface area contributed by atoms with E-state index in [1.807, 2.05) is 6.92 Å². The second kappa shape index (κ2) is 5.75. The minimum atomic E-state index is -0.466. The van der Waals surface area contributed by atoms with Gasteiger partial charge in [0.25, 0.3) is 5.69 Å². The number of nitrogens with zero attached hydrogens (tertiary/aromatic N) is 1. The molecule has 1 saturated heterocycles. The molecule has 0 radical (unpaired) electrons. The van der Waals surface area contributed by atoms with Gasteiger partial charge in [-0.05, 0) is 31.9 Å². The molecule has 1 fully saturated rings. The van der Waals surface area contributed by atoms with Gasteiger partial charge in [-0.15, -0.1) is 0 Å². The van der Waals surface area contributed by atoms with Crippen molar-refractivity contribution in [3.05, 3.63) is 32.8 Å². The van der Waals surface area contributed by atoms with Gasteiger partial charge in [0.05, 0.1) is 11.0 Å². The lowest BCUT2D eigenvalue weighted by Crippen LogP contribution is -2.21. The molecule has 0 aliphatic carbocycles. The SMILES string of the molecule is Cc1cc([N+](=O)[O-])c(Cl)cc1NCC1CCOC1C. The van der Waals surface area contributed by atoms with E-state index < -0.39 is 4.92 Å². The van der Waals surface area contributed by atoms with Crippen LogP contribution in [0.4, 0.5) is 11.4 Å². The van der Waals surface area contributed by atoms with Gasteiger partial charge in [0.1, 0.15) is 5.02 Å². The maximum atomic E-state index is 10.8. The Labute approximate surface area is 117 Å². The van der Waals surface area contributed by atoms with Crippen molar-refractivity contribution in [2.24, 2.45) is 5.92 Å². The van der Waals surface area contributed by atoms with Crippen LogP contribution in [0.25, 0.3) is 0 Å². The van der Waals surface area contributed by atoms with E-state index in [1.54, 1.807) is 6.07 Å². The molecule has 1 aromatic rings. The van der Waals surface area contributed by atoms with Crippen LogP contribution >= 0.6 is 11.6 Å². The summed E-state index contributed by atoms with van der Waals surface area (Å²) in [6, 6.07) is 3.12. The first-order chi connectivity index (χ1) is 8.99. The van der Waals surface area contributed by atoms with E-state index in [4.69, 9.17) is 16.3 Å². The maximum absolute atomic E-state index is 10.8. The van der Waals surface area contributed by atoms with Gasteiger partial charge in [-0.25, -0.2) is 0 Å². The predicted octanol–water partition coefficient (Wildman–Crippen LogP) is 3.39. The zero-order chi connectivity index (χ0) is 14.0. The molecule has 1 aliphatic heterocycles. The third-order valence-corrected chi connectivity index (χ3v) is 3.88. The number of ether oxygens (including phenoxy) is 1. The molecule has 5 nitrogen and oxygen atoms in total. The first-order valence-electron chi connectivity index (χ1n) is 6.29. The van der Waals surface area contributed by atoms with Crippen molar-refractivity contribution >= 4 is 23.0 Å². The lowest BCUT2D eigenvalue weighted by Gasteiger charge is -2.17. The molecule has 6 heteroatoms. The van der Waals surface area contributed by atoms with E-state index in [-0.39, 0.29) is 16.8 Å². The standard InChI is InChI=1S/C13H17ClN2O3/c1-8-5-13(16(17)18)11(14)6-12(8)15-7-10-3-4-19-9(10)2/h5-6,9-10,15H,3-4,7H2,1-2H3. The zero-order valence-corrected chi connectivity index (χ0v) is 11.7. The van der Waals surface area contributed by atoms with Crippen LogP contribution in [0.15, 0.2) is 12.1 Å². The summed E-state index contributed by atoms with van der Waals surface area (Å²) in [6.07, 6.45) is 1.29. The number of hydrogen-bond acceptors (Lipinski definition) is 4. The average Bonchev–Trinajstić information content (AvgIpc) is 2.75. The van der Waals surface area contributed by atoms with Gasteiger partial charge < -0.3 is 10.1 Å². The highest BCUT2D eigenvalue weighted by Gasteiger charge is 2.24. The Hall–Kier alpha value is -1.33. The fourth-order valence-electron chi connectivity index (χ4n) is 2.28. The molecule has 0 aromatic heterocycles. The van der Waals surface area contributed by atoms with E-state index >= 15 is 0 Å². The van der Waals surface area contributed by atoms with Gasteiger partial charge in [-0.1, -0.05) is 11.6 Å². The van der Waals surface area contributed by atoms with Crippen LogP contribution in [0.5, 0.6) is 0 Å². The smallest absolute Gasteiger partial charge is 0.288 e. The lowest BCUT2D eigenvalue weighted by molar-refractivity contribution is -0.384. The molecule has 0 bridgehead atoms. The van der Waals surface area contributed by atoms with Crippen molar-refractivity contribution in [1.82, 2.24) is 0 Å². The van der Waals surface area contributed by atoms with Crippen molar-refractivity contribution in [1.29, 1.82) is 0 Å². The molecule has 2 atom stereocenters. The molecule has 104 valence electrons. The summed E-state index contributed by atoms with van der Waals surface area (Å²) in [6.45, 7) is 5.49. The van der Waals surface area contributed by atoms with Crippen LogP contribution in [0, 0.1) is 23.0 Å². The quantitative estimate of drug-likeness (QED) is 0.680. The minimum absolute atomic E-state index is 0.0534. The summed E-state index contributed by atoms with van der Waals surface area (Å²) in [5.74, 6) is 0.466. The van der Waals surface area contributed by atoms with Gasteiger partial charge in [-0.2, -0.15) is 0 Å². The molecule has 1 N–H and O–H groups in total. The summed E-state index contributed by atoms with van der Waals surface area (Å²) in [5.41, 5.74) is 1.61. The number of nitrogens with one attached hydrogen (secondary N) is 1. The monoisotopic (exact) mass is 284 g/mol. The number of halogens is 1. The van der Waals surface area contributed by atoms with Crippen molar-refractivity contribution in [2.45, 2.75) is 26.4 Å². The third-order valence-electron chi connectivity index (χ3n) is 3.58. The maximum Gasteiger partial charge on any atom is 0.288 e. The number of benzene rings is 1. The normalized spacial score (nSPS) is 22.5. The number of anilines is 1. The molecule has 0 saturated carbocycles. The molecule has 19 heavy (non-hydrogen) atoms. The number of nitro benzene ring substituents is 1. The molecule has 0 amide bonds. The molecular weight excluding hydrogens is 268 g/mol. The van der Waals surface area contributed by atoms with E-state index in [2.05, 4.69) is 12.2 Å². The lowest BCUT2D eigenvalue weighted by atomic mass is 10.0. The largest absolute Gasteiger partial charge is 0.384 e. The van der Waals surface area contributed by atoms with Crippen LogP contribution in [0.1, 0.15) is 18.9 Å². The number of rotatable bonds is 4. The summed E-state index contributed by atoms with van der Waals surface area (Å²) < 4.78 is 5.50. The van der Waals surface area contributed by atoms with Crippen molar-refractivity contribution in [3.63, 3.8) is 0 Å². The fraction of sp³-hybridized carbons (Fsp3) is 0.538. The summed E-state index contributed by atoms with van der Waals surface area (Å²) >= 11 is 5.91. The molecule has 1 aliphatic rings. The first-order valence-corrected chi connectivity index (χ1v) is 6.67. The molecule has 0 spiro atoms. The topological polar surface area (TPSA) is 64.4 Å². The van der Waals surface area contributed by atoms with Crippen LogP contribution in [0.2, 0.25) is 5.02 Å². The third kappa shape index (κ3) is 3.16. The highest BCUT2D eigenvalue weighted by molar-refractivity contribution is 6.33. The van der Waals surface area contributed by atoms with Crippen molar-refractivity contribution < 1.29 is 9.66 Å². The fourth-order valence-corrected chi connectivity index (χ4v) is 2.51. The van der Waals surface area contributed by atoms with Gasteiger partial charge >= 0.3 is 0 Å². The van der Waals surface area contributed by atoms with Gasteiger partial charge in [0, 0.05) is 30.8 Å². The van der Waals surface area contributed by atoms with Crippen LogP contribution in [-0.4, -0.2) is 24.2 Å². The summed E-state index contributed by atoms with van der Waals surface area (Å²) in [5, 5.41) is 14.2. The van der Waals surface area contributed by atoms with Gasteiger partial charge in [0.2, 0.25) is 0 Å². The molecule has 1 aromatic carbocycles. The Morgan fingerprint density at radius 3 is 2.89 bits per heavy atom. The average molecular weight is 285 g/mol. The Balaban J connectivity index is 2.08. The van der Waals surface area contributed by atoms with Crippen LogP contribution < -0.4 is 5.32 Å². The van der Waals surface area contributed by atoms with Crippen molar-refractivity contribution in [2.75, 3.05) is 18.5 Å². The number of nitro groups is 1. The Morgan fingerprint density at radius 2 is 2.32 bits per heavy atom. The molecule has 2 unspecified atom stereocenters. The molecule has 1 heterocycles. The zero-order valence-electron chi connectivity index (χ0n) is 11.0. The summed E-state index contributed by atoms with van der Waals surface area (Å²) in [7, 11) is 0. The Kier molecular flexibility index (Phi) is 4.27.